The fourth-order valence-electron chi connectivity index (χ4n) is 1.66. The van der Waals surface area contributed by atoms with Crippen LogP contribution in [0.25, 0.3) is 0 Å². The highest BCUT2D eigenvalue weighted by Crippen LogP contribution is 2.34. The summed E-state index contributed by atoms with van der Waals surface area (Å²) in [5.74, 6) is 1.65. The molecule has 0 aliphatic heterocycles. The highest BCUT2D eigenvalue weighted by Gasteiger charge is 2.20. The predicted octanol–water partition coefficient (Wildman–Crippen LogP) is 3.60. The smallest absolute Gasteiger partial charge is 0.172 e. The largest absolute Gasteiger partial charge is 0.497 e. The molecule has 0 bridgehead atoms. The molecule has 0 radical (unpaired) electrons. The Hall–Kier alpha value is -1.51. The zero-order chi connectivity index (χ0) is 14.6. The van der Waals surface area contributed by atoms with Gasteiger partial charge in [-0.1, -0.05) is 34.6 Å². The number of rotatable bonds is 5. The Morgan fingerprint density at radius 1 is 1.26 bits per heavy atom. The third-order valence-electron chi connectivity index (χ3n) is 3.01. The number of ether oxygens (including phenoxy) is 2. The third kappa shape index (κ3) is 4.27. The molecule has 0 atom stereocenters. The van der Waals surface area contributed by atoms with E-state index in [2.05, 4.69) is 20.8 Å². The number of hydrogen-bond acceptors (Lipinski definition) is 3. The first-order chi connectivity index (χ1) is 8.75. The molecule has 0 amide bonds. The summed E-state index contributed by atoms with van der Waals surface area (Å²) in [6.45, 7) is 10.2. The van der Waals surface area contributed by atoms with Crippen LogP contribution in [0.1, 0.15) is 40.2 Å². The van der Waals surface area contributed by atoms with Crippen molar-refractivity contribution in [1.29, 1.82) is 0 Å². The van der Waals surface area contributed by atoms with Crippen molar-refractivity contribution in [2.75, 3.05) is 13.7 Å². The standard InChI is InChI=1S/C16H24O3/c1-11(2)14(17)10-19-15-8-7-12(18-6)9-13(15)16(3,4)5/h7-9,11H,10H2,1-6H3. The molecule has 0 unspecified atom stereocenters. The second kappa shape index (κ2) is 6.09. The van der Waals surface area contributed by atoms with Crippen LogP contribution in [0.4, 0.5) is 0 Å². The Morgan fingerprint density at radius 2 is 1.89 bits per heavy atom. The Balaban J connectivity index is 2.97. The molecule has 3 nitrogen and oxygen atoms in total. The summed E-state index contributed by atoms with van der Waals surface area (Å²) in [5, 5.41) is 0. The lowest BCUT2D eigenvalue weighted by molar-refractivity contribution is -0.123. The molecule has 1 aromatic carbocycles. The summed E-state index contributed by atoms with van der Waals surface area (Å²) < 4.78 is 10.9. The Kier molecular flexibility index (Phi) is 4.98. The van der Waals surface area contributed by atoms with Gasteiger partial charge in [0.25, 0.3) is 0 Å². The number of Topliss-reactive ketones (excluding diaryl/α,β-unsaturated/α-hetero) is 1. The third-order valence-corrected chi connectivity index (χ3v) is 3.01. The average Bonchev–Trinajstić information content (AvgIpc) is 2.34. The van der Waals surface area contributed by atoms with Crippen LogP contribution in [0.15, 0.2) is 18.2 Å². The van der Waals surface area contributed by atoms with Gasteiger partial charge >= 0.3 is 0 Å². The maximum atomic E-state index is 11.7. The fraction of sp³-hybridized carbons (Fsp3) is 0.562. The van der Waals surface area contributed by atoms with Crippen LogP contribution in [-0.2, 0) is 10.2 Å². The maximum Gasteiger partial charge on any atom is 0.172 e. The summed E-state index contributed by atoms with van der Waals surface area (Å²) in [6.07, 6.45) is 0. The minimum Gasteiger partial charge on any atom is -0.497 e. The van der Waals surface area contributed by atoms with Crippen LogP contribution >= 0.6 is 0 Å². The number of ketones is 1. The van der Waals surface area contributed by atoms with E-state index in [9.17, 15) is 4.79 Å². The van der Waals surface area contributed by atoms with Gasteiger partial charge < -0.3 is 9.47 Å². The van der Waals surface area contributed by atoms with Crippen LogP contribution in [0, 0.1) is 5.92 Å². The number of hydrogen-bond donors (Lipinski definition) is 0. The number of carbonyl (C=O) groups is 1. The van der Waals surface area contributed by atoms with E-state index in [4.69, 9.17) is 9.47 Å². The first-order valence-corrected chi connectivity index (χ1v) is 6.59. The van der Waals surface area contributed by atoms with E-state index in [0.29, 0.717) is 0 Å². The van der Waals surface area contributed by atoms with E-state index >= 15 is 0 Å². The zero-order valence-corrected chi connectivity index (χ0v) is 12.7. The van der Waals surface area contributed by atoms with Crippen molar-refractivity contribution in [3.8, 4) is 11.5 Å². The van der Waals surface area contributed by atoms with Gasteiger partial charge in [-0.3, -0.25) is 4.79 Å². The highest BCUT2D eigenvalue weighted by molar-refractivity contribution is 5.81. The van der Waals surface area contributed by atoms with E-state index in [-0.39, 0.29) is 23.7 Å². The monoisotopic (exact) mass is 264 g/mol. The van der Waals surface area contributed by atoms with Crippen LogP contribution in [-0.4, -0.2) is 19.5 Å². The summed E-state index contributed by atoms with van der Waals surface area (Å²) in [7, 11) is 1.64. The summed E-state index contributed by atoms with van der Waals surface area (Å²) in [6, 6.07) is 5.69. The second-order valence-electron chi connectivity index (χ2n) is 6.02. The molecule has 0 aliphatic rings. The first-order valence-electron chi connectivity index (χ1n) is 6.59. The Morgan fingerprint density at radius 3 is 2.37 bits per heavy atom. The van der Waals surface area contributed by atoms with Crippen LogP contribution in [0.2, 0.25) is 0 Å². The molecule has 1 aromatic rings. The Labute approximate surface area is 115 Å². The van der Waals surface area contributed by atoms with Gasteiger partial charge in [0.1, 0.15) is 18.1 Å². The van der Waals surface area contributed by atoms with Crippen molar-refractivity contribution in [3.05, 3.63) is 23.8 Å². The minimum atomic E-state index is -0.0647. The van der Waals surface area contributed by atoms with Crippen molar-refractivity contribution in [2.45, 2.75) is 40.0 Å². The maximum absolute atomic E-state index is 11.7. The molecule has 0 aromatic heterocycles. The van der Waals surface area contributed by atoms with E-state index in [0.717, 1.165) is 17.1 Å². The molecule has 0 spiro atoms. The molecule has 0 saturated carbocycles. The van der Waals surface area contributed by atoms with Crippen molar-refractivity contribution in [1.82, 2.24) is 0 Å². The van der Waals surface area contributed by atoms with Crippen molar-refractivity contribution >= 4 is 5.78 Å². The SMILES string of the molecule is COc1ccc(OCC(=O)C(C)C)c(C(C)(C)C)c1. The quantitative estimate of drug-likeness (QED) is 0.815. The van der Waals surface area contributed by atoms with E-state index in [1.165, 1.54) is 0 Å². The highest BCUT2D eigenvalue weighted by atomic mass is 16.5. The van der Waals surface area contributed by atoms with Gasteiger partial charge in [0, 0.05) is 11.5 Å². The molecule has 19 heavy (non-hydrogen) atoms. The molecule has 3 heteroatoms. The van der Waals surface area contributed by atoms with Gasteiger partial charge in [-0.2, -0.15) is 0 Å². The second-order valence-corrected chi connectivity index (χ2v) is 6.02. The molecular formula is C16H24O3. The first kappa shape index (κ1) is 15.5. The van der Waals surface area contributed by atoms with Gasteiger partial charge in [-0.25, -0.2) is 0 Å². The van der Waals surface area contributed by atoms with E-state index in [1.54, 1.807) is 7.11 Å². The molecule has 106 valence electrons. The lowest BCUT2D eigenvalue weighted by atomic mass is 9.86. The average molecular weight is 264 g/mol. The predicted molar refractivity (Wildman–Crippen MR) is 77.0 cm³/mol. The molecular weight excluding hydrogens is 240 g/mol. The molecule has 0 heterocycles. The van der Waals surface area contributed by atoms with Gasteiger partial charge in [0.15, 0.2) is 5.78 Å². The van der Waals surface area contributed by atoms with Crippen molar-refractivity contribution in [3.63, 3.8) is 0 Å². The molecule has 0 aliphatic carbocycles. The molecule has 0 saturated heterocycles. The Bertz CT molecular complexity index is 442. The van der Waals surface area contributed by atoms with E-state index in [1.807, 2.05) is 32.0 Å². The zero-order valence-electron chi connectivity index (χ0n) is 12.7. The van der Waals surface area contributed by atoms with Crippen LogP contribution in [0.5, 0.6) is 11.5 Å². The lowest BCUT2D eigenvalue weighted by Gasteiger charge is -2.23. The molecule has 1 rings (SSSR count). The number of methoxy groups -OCH3 is 1. The lowest BCUT2D eigenvalue weighted by Crippen LogP contribution is -2.19. The van der Waals surface area contributed by atoms with Crippen LogP contribution < -0.4 is 9.47 Å². The topological polar surface area (TPSA) is 35.5 Å². The summed E-state index contributed by atoms with van der Waals surface area (Å²) >= 11 is 0. The van der Waals surface area contributed by atoms with Crippen molar-refractivity contribution in [2.24, 2.45) is 5.92 Å². The van der Waals surface area contributed by atoms with Gasteiger partial charge in [0.05, 0.1) is 7.11 Å². The molecule has 0 N–H and O–H groups in total. The van der Waals surface area contributed by atoms with Gasteiger partial charge in [-0.05, 0) is 23.6 Å². The fourth-order valence-corrected chi connectivity index (χ4v) is 1.66. The normalized spacial score (nSPS) is 11.5. The minimum absolute atomic E-state index is 0.00339. The number of carbonyl (C=O) groups excluding carboxylic acids is 1. The van der Waals surface area contributed by atoms with Crippen molar-refractivity contribution < 1.29 is 14.3 Å². The van der Waals surface area contributed by atoms with Gasteiger partial charge in [-0.15, -0.1) is 0 Å². The van der Waals surface area contributed by atoms with Crippen LogP contribution in [0.3, 0.4) is 0 Å². The van der Waals surface area contributed by atoms with E-state index < -0.39 is 0 Å². The summed E-state index contributed by atoms with van der Waals surface area (Å²) in [4.78, 5) is 11.7. The number of benzene rings is 1. The molecule has 0 fully saturated rings. The van der Waals surface area contributed by atoms with Gasteiger partial charge in [0.2, 0.25) is 0 Å². The summed E-state index contributed by atoms with van der Waals surface area (Å²) in [5.41, 5.74) is 0.980.